The number of rotatable bonds is 5. The maximum atomic E-state index is 12.0. The Hall–Kier alpha value is -1.88. The zero-order valence-corrected chi connectivity index (χ0v) is 12.3. The van der Waals surface area contributed by atoms with Crippen LogP contribution in [0.5, 0.6) is 5.75 Å². The average molecular weight is 279 g/mol. The molecule has 0 radical (unpaired) electrons. The third-order valence-corrected chi connectivity index (χ3v) is 2.53. The van der Waals surface area contributed by atoms with E-state index in [1.165, 1.54) is 0 Å². The molecular formula is C15H21NO4. The predicted molar refractivity (Wildman–Crippen MR) is 75.8 cm³/mol. The van der Waals surface area contributed by atoms with Gasteiger partial charge < -0.3 is 15.2 Å². The highest BCUT2D eigenvalue weighted by molar-refractivity contribution is 5.98. The van der Waals surface area contributed by atoms with E-state index in [1.54, 1.807) is 52.1 Å². The minimum absolute atomic E-state index is 0.0821. The Bertz CT molecular complexity index is 474. The van der Waals surface area contributed by atoms with E-state index in [1.807, 2.05) is 0 Å². The first-order valence-corrected chi connectivity index (χ1v) is 6.38. The van der Waals surface area contributed by atoms with Gasteiger partial charge in [0.15, 0.2) is 5.78 Å². The lowest BCUT2D eigenvalue weighted by Crippen LogP contribution is -2.38. The third-order valence-electron chi connectivity index (χ3n) is 2.53. The van der Waals surface area contributed by atoms with Crippen LogP contribution in [0, 0.1) is 0 Å². The molecule has 0 bridgehead atoms. The number of carbonyl (C=O) groups excluding carboxylic acids is 2. The Morgan fingerprint density at radius 1 is 1.20 bits per heavy atom. The third kappa shape index (κ3) is 5.01. The number of Topliss-reactive ketones (excluding diaryl/α,β-unsaturated/α-hetero) is 1. The standard InChI is InChI=1S/C15H21NO4/c1-15(2,3)20-14(18)12(16)9-13(17)10-5-7-11(19-4)8-6-10/h5-8,12H,9,16H2,1-4H3. The normalized spacial score (nSPS) is 12.7. The summed E-state index contributed by atoms with van der Waals surface area (Å²) in [5, 5.41) is 0. The van der Waals surface area contributed by atoms with Crippen molar-refractivity contribution in [2.75, 3.05) is 7.11 Å². The molecule has 0 fully saturated rings. The van der Waals surface area contributed by atoms with E-state index in [4.69, 9.17) is 15.2 Å². The number of esters is 1. The molecule has 1 unspecified atom stereocenters. The molecule has 0 amide bonds. The number of methoxy groups -OCH3 is 1. The summed E-state index contributed by atoms with van der Waals surface area (Å²) in [5.74, 6) is -0.108. The Labute approximate surface area is 119 Å². The molecule has 0 aliphatic heterocycles. The van der Waals surface area contributed by atoms with E-state index in [0.717, 1.165) is 0 Å². The molecule has 0 aromatic heterocycles. The van der Waals surface area contributed by atoms with Gasteiger partial charge in [-0.1, -0.05) is 0 Å². The fourth-order valence-corrected chi connectivity index (χ4v) is 1.56. The van der Waals surface area contributed by atoms with Crippen LogP contribution in [0.15, 0.2) is 24.3 Å². The molecule has 0 heterocycles. The Balaban J connectivity index is 2.62. The van der Waals surface area contributed by atoms with Gasteiger partial charge in [0.05, 0.1) is 7.11 Å². The highest BCUT2D eigenvalue weighted by Crippen LogP contribution is 2.14. The van der Waals surface area contributed by atoms with Gasteiger partial charge in [-0.25, -0.2) is 0 Å². The van der Waals surface area contributed by atoms with Gasteiger partial charge in [-0.15, -0.1) is 0 Å². The van der Waals surface area contributed by atoms with Crippen LogP contribution in [0.4, 0.5) is 0 Å². The van der Waals surface area contributed by atoms with Gasteiger partial charge in [0.25, 0.3) is 0 Å². The molecule has 1 atom stereocenters. The van der Waals surface area contributed by atoms with Crippen LogP contribution < -0.4 is 10.5 Å². The van der Waals surface area contributed by atoms with E-state index in [9.17, 15) is 9.59 Å². The summed E-state index contributed by atoms with van der Waals surface area (Å²) in [4.78, 5) is 23.7. The van der Waals surface area contributed by atoms with Crippen LogP contribution in [-0.4, -0.2) is 30.5 Å². The number of ketones is 1. The summed E-state index contributed by atoms with van der Waals surface area (Å²) in [5.41, 5.74) is 5.58. The number of hydrogen-bond donors (Lipinski definition) is 1. The lowest BCUT2D eigenvalue weighted by molar-refractivity contribution is -0.156. The van der Waals surface area contributed by atoms with Crippen LogP contribution in [0.1, 0.15) is 37.6 Å². The van der Waals surface area contributed by atoms with Crippen LogP contribution >= 0.6 is 0 Å². The highest BCUT2D eigenvalue weighted by atomic mass is 16.6. The first kappa shape index (κ1) is 16.2. The smallest absolute Gasteiger partial charge is 0.323 e. The van der Waals surface area contributed by atoms with Crippen molar-refractivity contribution in [3.05, 3.63) is 29.8 Å². The zero-order valence-electron chi connectivity index (χ0n) is 12.3. The Morgan fingerprint density at radius 2 is 1.75 bits per heavy atom. The Morgan fingerprint density at radius 3 is 2.20 bits per heavy atom. The van der Waals surface area contributed by atoms with Crippen molar-refractivity contribution in [3.63, 3.8) is 0 Å². The van der Waals surface area contributed by atoms with E-state index in [0.29, 0.717) is 11.3 Å². The highest BCUT2D eigenvalue weighted by Gasteiger charge is 2.24. The first-order chi connectivity index (χ1) is 9.23. The van der Waals surface area contributed by atoms with Crippen LogP contribution in [0.2, 0.25) is 0 Å². The maximum absolute atomic E-state index is 12.0. The van der Waals surface area contributed by atoms with Crippen molar-refractivity contribution < 1.29 is 19.1 Å². The molecule has 110 valence electrons. The molecule has 20 heavy (non-hydrogen) atoms. The molecule has 1 aromatic rings. The number of carbonyl (C=O) groups is 2. The second-order valence-corrected chi connectivity index (χ2v) is 5.50. The predicted octanol–water partition coefficient (Wildman–Crippen LogP) is 1.94. The van der Waals surface area contributed by atoms with Gasteiger partial charge in [0, 0.05) is 12.0 Å². The van der Waals surface area contributed by atoms with E-state index < -0.39 is 17.6 Å². The van der Waals surface area contributed by atoms with Gasteiger partial charge in [-0.2, -0.15) is 0 Å². The lowest BCUT2D eigenvalue weighted by Gasteiger charge is -2.21. The van der Waals surface area contributed by atoms with Crippen molar-refractivity contribution in [2.45, 2.75) is 38.8 Å². The first-order valence-electron chi connectivity index (χ1n) is 6.38. The average Bonchev–Trinajstić information content (AvgIpc) is 2.36. The van der Waals surface area contributed by atoms with Gasteiger partial charge in [-0.05, 0) is 45.0 Å². The van der Waals surface area contributed by atoms with E-state index in [2.05, 4.69) is 0 Å². The zero-order chi connectivity index (χ0) is 15.3. The number of hydrogen-bond acceptors (Lipinski definition) is 5. The van der Waals surface area contributed by atoms with E-state index >= 15 is 0 Å². The fourth-order valence-electron chi connectivity index (χ4n) is 1.56. The minimum Gasteiger partial charge on any atom is -0.497 e. The second kappa shape index (κ2) is 6.52. The van der Waals surface area contributed by atoms with Crippen LogP contribution in [-0.2, 0) is 9.53 Å². The number of ether oxygens (including phenoxy) is 2. The molecular weight excluding hydrogens is 258 g/mol. The molecule has 2 N–H and O–H groups in total. The number of benzene rings is 1. The summed E-state index contributed by atoms with van der Waals surface area (Å²) in [7, 11) is 1.55. The molecule has 5 nitrogen and oxygen atoms in total. The summed E-state index contributed by atoms with van der Waals surface area (Å²) < 4.78 is 10.1. The molecule has 0 saturated carbocycles. The molecule has 0 saturated heterocycles. The van der Waals surface area contributed by atoms with Gasteiger partial charge in [-0.3, -0.25) is 9.59 Å². The lowest BCUT2D eigenvalue weighted by atomic mass is 10.0. The molecule has 0 aliphatic rings. The Kier molecular flexibility index (Phi) is 5.27. The fraction of sp³-hybridized carbons (Fsp3) is 0.467. The summed E-state index contributed by atoms with van der Waals surface area (Å²) in [6.07, 6.45) is -0.0821. The van der Waals surface area contributed by atoms with Crippen LogP contribution in [0.3, 0.4) is 0 Å². The molecule has 1 aromatic carbocycles. The van der Waals surface area contributed by atoms with Crippen molar-refractivity contribution in [3.8, 4) is 5.75 Å². The topological polar surface area (TPSA) is 78.6 Å². The minimum atomic E-state index is -0.955. The maximum Gasteiger partial charge on any atom is 0.323 e. The van der Waals surface area contributed by atoms with Crippen molar-refractivity contribution in [1.82, 2.24) is 0 Å². The van der Waals surface area contributed by atoms with Crippen molar-refractivity contribution in [1.29, 1.82) is 0 Å². The molecule has 5 heteroatoms. The molecule has 0 spiro atoms. The SMILES string of the molecule is COc1ccc(C(=O)CC(N)C(=O)OC(C)(C)C)cc1. The van der Waals surface area contributed by atoms with E-state index in [-0.39, 0.29) is 12.2 Å². The van der Waals surface area contributed by atoms with Gasteiger partial charge >= 0.3 is 5.97 Å². The van der Waals surface area contributed by atoms with Gasteiger partial charge in [0.1, 0.15) is 17.4 Å². The summed E-state index contributed by atoms with van der Waals surface area (Å²) in [6.45, 7) is 5.26. The number of nitrogens with two attached hydrogens (primary N) is 1. The summed E-state index contributed by atoms with van der Waals surface area (Å²) in [6, 6.07) is 5.70. The van der Waals surface area contributed by atoms with Gasteiger partial charge in [0.2, 0.25) is 0 Å². The monoisotopic (exact) mass is 279 g/mol. The largest absolute Gasteiger partial charge is 0.497 e. The van der Waals surface area contributed by atoms with Crippen molar-refractivity contribution in [2.24, 2.45) is 5.73 Å². The van der Waals surface area contributed by atoms with Crippen molar-refractivity contribution >= 4 is 11.8 Å². The molecule has 0 aliphatic carbocycles. The van der Waals surface area contributed by atoms with Crippen LogP contribution in [0.25, 0.3) is 0 Å². The summed E-state index contributed by atoms with van der Waals surface area (Å²) >= 11 is 0. The second-order valence-electron chi connectivity index (χ2n) is 5.50. The quantitative estimate of drug-likeness (QED) is 0.658. The molecule has 1 rings (SSSR count).